The van der Waals surface area contributed by atoms with Crippen LogP contribution in [0.5, 0.6) is 0 Å². The summed E-state index contributed by atoms with van der Waals surface area (Å²) in [4.78, 5) is 7.78. The average Bonchev–Trinajstić information content (AvgIpc) is 3.24. The number of fused-ring (bicyclic) bond motifs is 2. The molecule has 0 aliphatic rings. The van der Waals surface area contributed by atoms with Crippen LogP contribution in [0.1, 0.15) is 39.1 Å². The Morgan fingerprint density at radius 2 is 2.00 bits per heavy atom. The van der Waals surface area contributed by atoms with Crippen LogP contribution >= 0.6 is 34.1 Å². The van der Waals surface area contributed by atoms with Gasteiger partial charge in [0, 0.05) is 40.8 Å². The van der Waals surface area contributed by atoms with Gasteiger partial charge in [-0.1, -0.05) is 43.2 Å². The van der Waals surface area contributed by atoms with Crippen molar-refractivity contribution in [3.05, 3.63) is 53.3 Å². The second-order valence-corrected chi connectivity index (χ2v) is 11.1. The molecule has 0 aliphatic heterocycles. The van der Waals surface area contributed by atoms with E-state index in [4.69, 9.17) is 17.3 Å². The van der Waals surface area contributed by atoms with Crippen molar-refractivity contribution in [2.24, 2.45) is 7.05 Å². The van der Waals surface area contributed by atoms with Crippen molar-refractivity contribution in [3.8, 4) is 0 Å². The summed E-state index contributed by atoms with van der Waals surface area (Å²) in [5, 5.41) is 2.63. The minimum absolute atomic E-state index is 0.0300. The number of nitrogen functional groups attached to an aromatic ring is 1. The van der Waals surface area contributed by atoms with Crippen LogP contribution in [-0.4, -0.2) is 14.5 Å². The molecule has 1 unspecified atom stereocenters. The number of rotatable bonds is 4. The first-order valence-electron chi connectivity index (χ1n) is 9.78. The highest BCUT2D eigenvalue weighted by atomic mass is 35.5. The molecule has 158 valence electrons. The zero-order valence-electron chi connectivity index (χ0n) is 17.8. The topological polar surface area (TPSA) is 63.5 Å². The molecule has 0 fully saturated rings. The third-order valence-electron chi connectivity index (χ3n) is 5.69. The standard InChI is InChI=1S/C22H26ClN5S2/c1-21(2,3)17-9-14-15(24)10-28(11-16(14)26-17)12-22(4,30-29)18-8-13-6-7-25-20(23)19(13)27(18)5/h6-11,29H,12,24H2,1-5H3/p+1. The SMILES string of the molecule is Cn1c(C(C)(C[n+]2cc(N)c3cc(C(C)(C)C)[nH]c3c2)SS)cc2ccnc(Cl)c21. The molecule has 0 radical (unpaired) electrons. The Morgan fingerprint density at radius 3 is 2.63 bits per heavy atom. The fourth-order valence-electron chi connectivity index (χ4n) is 4.03. The van der Waals surface area contributed by atoms with Crippen LogP contribution in [0.3, 0.4) is 0 Å². The zero-order chi connectivity index (χ0) is 21.8. The Morgan fingerprint density at radius 1 is 1.27 bits per heavy atom. The van der Waals surface area contributed by atoms with E-state index < -0.39 is 0 Å². The first-order chi connectivity index (χ1) is 14.0. The lowest BCUT2D eigenvalue weighted by Gasteiger charge is -2.24. The smallest absolute Gasteiger partial charge is 0.193 e. The summed E-state index contributed by atoms with van der Waals surface area (Å²) < 4.78 is 3.94. The lowest BCUT2D eigenvalue weighted by molar-refractivity contribution is -0.699. The first kappa shape index (κ1) is 21.4. The summed E-state index contributed by atoms with van der Waals surface area (Å²) in [6.07, 6.45) is 5.86. The molecule has 30 heavy (non-hydrogen) atoms. The molecule has 4 aromatic heterocycles. The number of hydrogen-bond donors (Lipinski definition) is 3. The van der Waals surface area contributed by atoms with E-state index in [9.17, 15) is 0 Å². The number of H-pyrrole nitrogens is 1. The molecule has 0 amide bonds. The number of nitrogens with one attached hydrogen (secondary N) is 1. The Balaban J connectivity index is 1.79. The first-order valence-corrected chi connectivity index (χ1v) is 12.0. The van der Waals surface area contributed by atoms with Gasteiger partial charge in [-0.25, -0.2) is 4.98 Å². The van der Waals surface area contributed by atoms with Crippen LogP contribution in [0.25, 0.3) is 21.8 Å². The number of aromatic nitrogens is 4. The number of aromatic amines is 1. The molecule has 0 saturated heterocycles. The van der Waals surface area contributed by atoms with E-state index in [2.05, 4.69) is 76.8 Å². The van der Waals surface area contributed by atoms with Gasteiger partial charge in [0.15, 0.2) is 24.1 Å². The predicted octanol–water partition coefficient (Wildman–Crippen LogP) is 5.37. The number of pyridine rings is 2. The van der Waals surface area contributed by atoms with E-state index in [1.165, 1.54) is 16.5 Å². The van der Waals surface area contributed by atoms with E-state index in [1.54, 1.807) is 6.20 Å². The maximum atomic E-state index is 6.43. The molecule has 0 bridgehead atoms. The van der Waals surface area contributed by atoms with Gasteiger partial charge in [-0.2, -0.15) is 4.57 Å². The van der Waals surface area contributed by atoms with Crippen molar-refractivity contribution in [3.63, 3.8) is 0 Å². The molecule has 1 atom stereocenters. The fraction of sp³-hybridized carbons (Fsp3) is 0.364. The molecule has 8 heteroatoms. The summed E-state index contributed by atoms with van der Waals surface area (Å²) in [5.41, 5.74) is 11.5. The Hall–Kier alpha value is -1.83. The maximum absolute atomic E-state index is 6.43. The van der Waals surface area contributed by atoms with Crippen LogP contribution in [-0.2, 0) is 23.8 Å². The van der Waals surface area contributed by atoms with E-state index in [-0.39, 0.29) is 10.2 Å². The van der Waals surface area contributed by atoms with Gasteiger partial charge < -0.3 is 15.3 Å². The van der Waals surface area contributed by atoms with Crippen molar-refractivity contribution in [1.29, 1.82) is 0 Å². The van der Waals surface area contributed by atoms with Gasteiger partial charge in [0.05, 0.1) is 5.52 Å². The Kier molecular flexibility index (Phi) is 5.27. The number of nitrogens with two attached hydrogens (primary N) is 1. The van der Waals surface area contributed by atoms with Crippen molar-refractivity contribution < 1.29 is 4.57 Å². The van der Waals surface area contributed by atoms with E-state index in [1.807, 2.05) is 19.3 Å². The van der Waals surface area contributed by atoms with E-state index >= 15 is 0 Å². The maximum Gasteiger partial charge on any atom is 0.193 e. The fourth-order valence-corrected chi connectivity index (χ4v) is 5.27. The minimum Gasteiger partial charge on any atom is -0.393 e. The van der Waals surface area contributed by atoms with Gasteiger partial charge in [-0.3, -0.25) is 0 Å². The Bertz CT molecular complexity index is 1250. The molecule has 0 spiro atoms. The molecular formula is C22H27ClN5S2+. The van der Waals surface area contributed by atoms with Gasteiger partial charge in [0.25, 0.3) is 0 Å². The molecule has 0 aliphatic carbocycles. The molecule has 5 nitrogen and oxygen atoms in total. The van der Waals surface area contributed by atoms with E-state index in [0.717, 1.165) is 33.2 Å². The van der Waals surface area contributed by atoms with Crippen LogP contribution < -0.4 is 10.3 Å². The average molecular weight is 461 g/mol. The number of halogens is 1. The second kappa shape index (κ2) is 7.39. The van der Waals surface area contributed by atoms with Crippen molar-refractivity contribution in [1.82, 2.24) is 14.5 Å². The summed E-state index contributed by atoms with van der Waals surface area (Å²) in [6, 6.07) is 6.31. The van der Waals surface area contributed by atoms with Gasteiger partial charge in [0.1, 0.15) is 16.0 Å². The number of hydrogen-bond acceptors (Lipinski definition) is 4. The normalized spacial score (nSPS) is 14.5. The Labute approximate surface area is 190 Å². The molecule has 0 aromatic carbocycles. The number of aryl methyl sites for hydroxylation is 1. The van der Waals surface area contributed by atoms with Crippen molar-refractivity contribution in [2.75, 3.05) is 5.73 Å². The number of nitrogens with zero attached hydrogens (tertiary/aromatic N) is 3. The van der Waals surface area contributed by atoms with Gasteiger partial charge in [0.2, 0.25) is 0 Å². The van der Waals surface area contributed by atoms with Crippen molar-refractivity contribution in [2.45, 2.75) is 44.4 Å². The summed E-state index contributed by atoms with van der Waals surface area (Å²) in [5.74, 6) is 0. The summed E-state index contributed by atoms with van der Waals surface area (Å²) in [6.45, 7) is 9.45. The quantitative estimate of drug-likeness (QED) is 0.166. The molecule has 4 heterocycles. The molecule has 4 aromatic rings. The summed E-state index contributed by atoms with van der Waals surface area (Å²) in [7, 11) is 3.54. The molecule has 0 saturated carbocycles. The summed E-state index contributed by atoms with van der Waals surface area (Å²) >= 11 is 11.0. The predicted molar refractivity (Wildman–Crippen MR) is 131 cm³/mol. The molecular weight excluding hydrogens is 434 g/mol. The van der Waals surface area contributed by atoms with E-state index in [0.29, 0.717) is 11.7 Å². The van der Waals surface area contributed by atoms with Crippen molar-refractivity contribution >= 4 is 61.5 Å². The lowest BCUT2D eigenvalue weighted by atomic mass is 9.92. The third kappa shape index (κ3) is 3.57. The molecule has 3 N–H and O–H groups in total. The molecule has 4 rings (SSSR count). The lowest BCUT2D eigenvalue weighted by Crippen LogP contribution is -2.43. The highest BCUT2D eigenvalue weighted by Gasteiger charge is 2.35. The number of thiol groups is 1. The van der Waals surface area contributed by atoms with Crippen LogP contribution in [0, 0.1) is 0 Å². The second-order valence-electron chi connectivity index (χ2n) is 9.10. The van der Waals surface area contributed by atoms with Gasteiger partial charge in [-0.15, -0.1) is 11.7 Å². The monoisotopic (exact) mass is 460 g/mol. The van der Waals surface area contributed by atoms with Crippen LogP contribution in [0.15, 0.2) is 36.8 Å². The highest BCUT2D eigenvalue weighted by molar-refractivity contribution is 8.69. The van der Waals surface area contributed by atoms with Gasteiger partial charge in [-0.05, 0) is 25.1 Å². The zero-order valence-corrected chi connectivity index (χ0v) is 20.3. The third-order valence-corrected chi connectivity index (χ3v) is 7.92. The van der Waals surface area contributed by atoms with Crippen LogP contribution in [0.4, 0.5) is 5.69 Å². The largest absolute Gasteiger partial charge is 0.393 e. The van der Waals surface area contributed by atoms with Gasteiger partial charge >= 0.3 is 0 Å². The number of anilines is 1. The van der Waals surface area contributed by atoms with Crippen LogP contribution in [0.2, 0.25) is 5.15 Å². The highest BCUT2D eigenvalue weighted by Crippen LogP contribution is 2.42. The minimum atomic E-state index is -0.315.